The van der Waals surface area contributed by atoms with Crippen LogP contribution in [0, 0.1) is 0 Å². The van der Waals surface area contributed by atoms with Crippen LogP contribution in [0.3, 0.4) is 0 Å². The summed E-state index contributed by atoms with van der Waals surface area (Å²) in [6, 6.07) is 13.8. The van der Waals surface area contributed by atoms with Crippen molar-refractivity contribution in [1.82, 2.24) is 5.32 Å². The highest BCUT2D eigenvalue weighted by molar-refractivity contribution is 5.83. The minimum atomic E-state index is -0.780. The largest absolute Gasteiger partial charge is 0.394 e. The summed E-state index contributed by atoms with van der Waals surface area (Å²) in [6.45, 7) is 1.61. The monoisotopic (exact) mass is 275 g/mol. The Hall–Kier alpha value is -1.46. The quantitative estimate of drug-likeness (QED) is 0.639. The standard InChI is InChI=1S/C16H21NO3/c1-16(10-18,11-19)17-9-15(20)14-7-6-12-4-2-3-5-13(12)8-14/h2-8,15,17-20H,9-11H2,1H3/t15-/m0/s1. The molecule has 108 valence electrons. The Balaban J connectivity index is 2.09. The van der Waals surface area contributed by atoms with Gasteiger partial charge in [0.05, 0.1) is 24.9 Å². The van der Waals surface area contributed by atoms with Gasteiger partial charge in [0.15, 0.2) is 0 Å². The highest BCUT2D eigenvalue weighted by Gasteiger charge is 2.22. The van der Waals surface area contributed by atoms with E-state index in [0.717, 1.165) is 16.3 Å². The summed E-state index contributed by atoms with van der Waals surface area (Å²) in [6.07, 6.45) is -0.683. The molecular weight excluding hydrogens is 254 g/mol. The second kappa shape index (κ2) is 6.33. The molecule has 0 aromatic heterocycles. The van der Waals surface area contributed by atoms with Gasteiger partial charge in [0, 0.05) is 6.54 Å². The van der Waals surface area contributed by atoms with Crippen molar-refractivity contribution in [2.45, 2.75) is 18.6 Å². The summed E-state index contributed by atoms with van der Waals surface area (Å²) in [5, 5.41) is 33.8. The normalized spacial score (nSPS) is 13.6. The van der Waals surface area contributed by atoms with Gasteiger partial charge in [-0.1, -0.05) is 36.4 Å². The molecule has 0 heterocycles. The smallest absolute Gasteiger partial charge is 0.0914 e. The maximum atomic E-state index is 10.2. The van der Waals surface area contributed by atoms with Crippen molar-refractivity contribution >= 4 is 10.8 Å². The van der Waals surface area contributed by atoms with E-state index in [4.69, 9.17) is 0 Å². The van der Waals surface area contributed by atoms with Crippen molar-refractivity contribution in [1.29, 1.82) is 0 Å². The van der Waals surface area contributed by atoms with Gasteiger partial charge in [-0.3, -0.25) is 0 Å². The topological polar surface area (TPSA) is 72.7 Å². The van der Waals surface area contributed by atoms with Crippen LogP contribution in [-0.4, -0.2) is 40.6 Å². The molecule has 0 aliphatic carbocycles. The van der Waals surface area contributed by atoms with E-state index in [2.05, 4.69) is 5.32 Å². The molecule has 0 spiro atoms. The van der Waals surface area contributed by atoms with Crippen molar-refractivity contribution < 1.29 is 15.3 Å². The molecule has 2 aromatic rings. The van der Waals surface area contributed by atoms with Gasteiger partial charge in [0.25, 0.3) is 0 Å². The molecule has 4 nitrogen and oxygen atoms in total. The summed E-state index contributed by atoms with van der Waals surface area (Å²) in [4.78, 5) is 0. The van der Waals surface area contributed by atoms with Crippen molar-refractivity contribution in [3.8, 4) is 0 Å². The van der Waals surface area contributed by atoms with Gasteiger partial charge in [0.1, 0.15) is 0 Å². The lowest BCUT2D eigenvalue weighted by molar-refractivity contribution is 0.0846. The van der Waals surface area contributed by atoms with Gasteiger partial charge in [-0.15, -0.1) is 0 Å². The Morgan fingerprint density at radius 3 is 2.35 bits per heavy atom. The third-order valence-corrected chi connectivity index (χ3v) is 3.58. The van der Waals surface area contributed by atoms with E-state index in [1.807, 2.05) is 42.5 Å². The number of fused-ring (bicyclic) bond motifs is 1. The second-order valence-electron chi connectivity index (χ2n) is 5.38. The van der Waals surface area contributed by atoms with Crippen molar-refractivity contribution in [2.75, 3.05) is 19.8 Å². The predicted molar refractivity (Wildman–Crippen MR) is 79.5 cm³/mol. The molecule has 2 aromatic carbocycles. The van der Waals surface area contributed by atoms with Crippen LogP contribution in [0.25, 0.3) is 10.8 Å². The molecule has 4 heteroatoms. The first-order valence-electron chi connectivity index (χ1n) is 6.71. The van der Waals surface area contributed by atoms with Crippen LogP contribution in [0.4, 0.5) is 0 Å². The molecule has 0 unspecified atom stereocenters. The Bertz CT molecular complexity index is 566. The first-order valence-corrected chi connectivity index (χ1v) is 6.71. The third kappa shape index (κ3) is 3.35. The van der Waals surface area contributed by atoms with E-state index < -0.39 is 11.6 Å². The zero-order valence-electron chi connectivity index (χ0n) is 11.6. The molecule has 4 N–H and O–H groups in total. The molecule has 0 aliphatic rings. The van der Waals surface area contributed by atoms with Crippen molar-refractivity contribution in [3.05, 3.63) is 48.0 Å². The third-order valence-electron chi connectivity index (χ3n) is 3.58. The fraction of sp³-hybridized carbons (Fsp3) is 0.375. The maximum absolute atomic E-state index is 10.2. The van der Waals surface area contributed by atoms with Crippen LogP contribution in [0.2, 0.25) is 0 Å². The molecule has 0 fully saturated rings. The zero-order valence-corrected chi connectivity index (χ0v) is 11.6. The molecule has 0 saturated carbocycles. The number of β-amino-alcohol motifs (C(OH)–C–C–N with tert-alkyl or cyclic N) is 1. The highest BCUT2D eigenvalue weighted by atomic mass is 16.3. The number of nitrogens with one attached hydrogen (secondary N) is 1. The van der Waals surface area contributed by atoms with E-state index in [1.165, 1.54) is 0 Å². The van der Waals surface area contributed by atoms with Crippen molar-refractivity contribution in [2.24, 2.45) is 0 Å². The number of benzene rings is 2. The molecule has 0 bridgehead atoms. The van der Waals surface area contributed by atoms with Gasteiger partial charge in [-0.2, -0.15) is 0 Å². The minimum Gasteiger partial charge on any atom is -0.394 e. The summed E-state index contributed by atoms with van der Waals surface area (Å²) in [5.41, 5.74) is 0.0344. The SMILES string of the molecule is CC(CO)(CO)NC[C@H](O)c1ccc2ccccc2c1. The highest BCUT2D eigenvalue weighted by Crippen LogP contribution is 2.20. The number of aliphatic hydroxyl groups is 3. The first kappa shape index (κ1) is 14.9. The van der Waals surface area contributed by atoms with Gasteiger partial charge in [-0.05, 0) is 29.3 Å². The zero-order chi connectivity index (χ0) is 14.6. The lowest BCUT2D eigenvalue weighted by Crippen LogP contribution is -2.50. The fourth-order valence-corrected chi connectivity index (χ4v) is 2.04. The summed E-state index contributed by atoms with van der Waals surface area (Å²) >= 11 is 0. The van der Waals surface area contributed by atoms with Gasteiger partial charge in [0.2, 0.25) is 0 Å². The van der Waals surface area contributed by atoms with Gasteiger partial charge in [-0.25, -0.2) is 0 Å². The Morgan fingerprint density at radius 1 is 1.05 bits per heavy atom. The Labute approximate surface area is 118 Å². The van der Waals surface area contributed by atoms with Gasteiger partial charge >= 0.3 is 0 Å². The average molecular weight is 275 g/mol. The summed E-state index contributed by atoms with van der Waals surface area (Å²) in [7, 11) is 0. The Kier molecular flexibility index (Phi) is 4.73. The van der Waals surface area contributed by atoms with Crippen LogP contribution in [0.1, 0.15) is 18.6 Å². The first-order chi connectivity index (χ1) is 9.58. The molecule has 0 amide bonds. The van der Waals surface area contributed by atoms with Crippen LogP contribution in [-0.2, 0) is 0 Å². The molecule has 2 rings (SSSR count). The average Bonchev–Trinajstić information content (AvgIpc) is 2.51. The predicted octanol–water partition coefficient (Wildman–Crippen LogP) is 1.21. The van der Waals surface area contributed by atoms with Crippen LogP contribution < -0.4 is 5.32 Å². The molecule has 1 atom stereocenters. The maximum Gasteiger partial charge on any atom is 0.0914 e. The summed E-state index contributed by atoms with van der Waals surface area (Å²) < 4.78 is 0. The van der Waals surface area contributed by atoms with E-state index in [0.29, 0.717) is 0 Å². The molecule has 0 aliphatic heterocycles. The molecule has 0 saturated heterocycles. The van der Waals surface area contributed by atoms with Gasteiger partial charge < -0.3 is 20.6 Å². The van der Waals surface area contributed by atoms with E-state index in [1.54, 1.807) is 6.92 Å². The number of aliphatic hydroxyl groups excluding tert-OH is 3. The number of hydrogen-bond donors (Lipinski definition) is 4. The van der Waals surface area contributed by atoms with E-state index in [-0.39, 0.29) is 19.8 Å². The van der Waals surface area contributed by atoms with E-state index in [9.17, 15) is 15.3 Å². The van der Waals surface area contributed by atoms with Crippen molar-refractivity contribution in [3.63, 3.8) is 0 Å². The minimum absolute atomic E-state index is 0.187. The number of rotatable bonds is 6. The molecule has 20 heavy (non-hydrogen) atoms. The van der Waals surface area contributed by atoms with Crippen LogP contribution in [0.15, 0.2) is 42.5 Å². The second-order valence-corrected chi connectivity index (χ2v) is 5.38. The Morgan fingerprint density at radius 2 is 1.70 bits per heavy atom. The van der Waals surface area contributed by atoms with E-state index >= 15 is 0 Å². The summed E-state index contributed by atoms with van der Waals surface area (Å²) in [5.74, 6) is 0. The molecule has 0 radical (unpaired) electrons. The lowest BCUT2D eigenvalue weighted by Gasteiger charge is -2.27. The number of hydrogen-bond acceptors (Lipinski definition) is 4. The lowest BCUT2D eigenvalue weighted by atomic mass is 10.0. The van der Waals surface area contributed by atoms with Crippen LogP contribution in [0.5, 0.6) is 0 Å². The fourth-order valence-electron chi connectivity index (χ4n) is 2.04. The van der Waals surface area contributed by atoms with Crippen LogP contribution >= 0.6 is 0 Å². The molecular formula is C16H21NO3.